The quantitative estimate of drug-likeness (QED) is 0.565. The maximum absolute atomic E-state index is 5.34. The number of hydrogen-bond donors (Lipinski definition) is 2. The van der Waals surface area contributed by atoms with Crippen molar-refractivity contribution in [2.45, 2.75) is 18.5 Å². The van der Waals surface area contributed by atoms with Crippen molar-refractivity contribution in [1.29, 1.82) is 0 Å². The summed E-state index contributed by atoms with van der Waals surface area (Å²) < 4.78 is 0. The molecule has 1 aliphatic rings. The van der Waals surface area contributed by atoms with Crippen LogP contribution in [0, 0.1) is 0 Å². The third-order valence-electron chi connectivity index (χ3n) is 1.44. The predicted octanol–water partition coefficient (Wildman–Crippen LogP) is 0.817. The molecule has 0 spiro atoms. The molecule has 0 fully saturated rings. The van der Waals surface area contributed by atoms with Gasteiger partial charge in [0.1, 0.15) is 0 Å². The fourth-order valence-electron chi connectivity index (χ4n) is 0.806. The van der Waals surface area contributed by atoms with E-state index < -0.39 is 0 Å². The topological polar surface area (TPSA) is 50.7 Å². The van der Waals surface area contributed by atoms with Crippen LogP contribution in [0.5, 0.6) is 0 Å². The molecule has 0 saturated heterocycles. The van der Waals surface area contributed by atoms with Gasteiger partial charge in [-0.15, -0.1) is 0 Å². The van der Waals surface area contributed by atoms with E-state index in [0.29, 0.717) is 6.54 Å². The summed E-state index contributed by atoms with van der Waals surface area (Å²) >= 11 is 4.09. The molecule has 0 unspecified atom stereocenters. The lowest BCUT2D eigenvalue weighted by Crippen LogP contribution is -2.17. The monoisotopic (exact) mass is 145 g/mol. The van der Waals surface area contributed by atoms with Gasteiger partial charge in [-0.05, 0) is 12.3 Å². The standard InChI is InChI=1S/C5H11N3S/c6-3-1-5(2-4-9)7-8-5/h9H,1-4,6H2. The molecule has 52 valence electrons. The van der Waals surface area contributed by atoms with E-state index in [1.54, 1.807) is 0 Å². The second-order valence-electron chi connectivity index (χ2n) is 2.19. The first kappa shape index (κ1) is 7.02. The Kier molecular flexibility index (Phi) is 2.08. The number of nitrogens with zero attached hydrogens (tertiary/aromatic N) is 2. The lowest BCUT2D eigenvalue weighted by molar-refractivity contribution is 0.543. The maximum atomic E-state index is 5.34. The Morgan fingerprint density at radius 2 is 2.00 bits per heavy atom. The minimum atomic E-state index is -0.101. The highest BCUT2D eigenvalue weighted by molar-refractivity contribution is 7.80. The summed E-state index contributed by atoms with van der Waals surface area (Å²) in [4.78, 5) is 0. The van der Waals surface area contributed by atoms with Gasteiger partial charge in [-0.2, -0.15) is 22.9 Å². The molecule has 0 aromatic rings. The van der Waals surface area contributed by atoms with Crippen molar-refractivity contribution < 1.29 is 0 Å². The van der Waals surface area contributed by atoms with Crippen LogP contribution in [0.1, 0.15) is 12.8 Å². The fraction of sp³-hybridized carbons (Fsp3) is 1.00. The molecule has 2 N–H and O–H groups in total. The highest BCUT2D eigenvalue weighted by Crippen LogP contribution is 2.34. The van der Waals surface area contributed by atoms with E-state index in [2.05, 4.69) is 22.9 Å². The normalized spacial score (nSPS) is 20.2. The molecule has 1 rings (SSSR count). The van der Waals surface area contributed by atoms with Crippen molar-refractivity contribution >= 4 is 12.6 Å². The van der Waals surface area contributed by atoms with Crippen LogP contribution >= 0.6 is 12.6 Å². The SMILES string of the molecule is NCCC1(CCS)N=N1. The van der Waals surface area contributed by atoms with Gasteiger partial charge in [0.25, 0.3) is 0 Å². The van der Waals surface area contributed by atoms with Crippen LogP contribution in [0.3, 0.4) is 0 Å². The summed E-state index contributed by atoms with van der Waals surface area (Å²) in [6.45, 7) is 0.667. The summed E-state index contributed by atoms with van der Waals surface area (Å²) in [5, 5.41) is 7.82. The van der Waals surface area contributed by atoms with Crippen LogP contribution < -0.4 is 5.73 Å². The lowest BCUT2D eigenvalue weighted by atomic mass is 10.1. The smallest absolute Gasteiger partial charge is 0.192 e. The molecule has 9 heavy (non-hydrogen) atoms. The second-order valence-corrected chi connectivity index (χ2v) is 2.64. The predicted molar refractivity (Wildman–Crippen MR) is 39.7 cm³/mol. The summed E-state index contributed by atoms with van der Waals surface area (Å²) in [5.74, 6) is 0.840. The molecule has 0 bridgehead atoms. The second kappa shape index (κ2) is 2.66. The summed E-state index contributed by atoms with van der Waals surface area (Å²) in [7, 11) is 0. The van der Waals surface area contributed by atoms with Gasteiger partial charge >= 0.3 is 0 Å². The Balaban J connectivity index is 2.18. The first-order chi connectivity index (χ1) is 4.33. The van der Waals surface area contributed by atoms with Gasteiger partial charge in [0.15, 0.2) is 5.66 Å². The largest absolute Gasteiger partial charge is 0.330 e. The minimum Gasteiger partial charge on any atom is -0.330 e. The van der Waals surface area contributed by atoms with Crippen molar-refractivity contribution in [3.63, 3.8) is 0 Å². The van der Waals surface area contributed by atoms with Crippen molar-refractivity contribution in [3.05, 3.63) is 0 Å². The average molecular weight is 145 g/mol. The Morgan fingerprint density at radius 1 is 1.33 bits per heavy atom. The van der Waals surface area contributed by atoms with Crippen molar-refractivity contribution in [1.82, 2.24) is 0 Å². The zero-order chi connectivity index (χ0) is 6.74. The highest BCUT2D eigenvalue weighted by atomic mass is 32.1. The highest BCUT2D eigenvalue weighted by Gasteiger charge is 2.37. The van der Waals surface area contributed by atoms with Crippen LogP contribution in [0.4, 0.5) is 0 Å². The van der Waals surface area contributed by atoms with Crippen LogP contribution in [0.15, 0.2) is 10.2 Å². The first-order valence-corrected chi connectivity index (χ1v) is 3.71. The van der Waals surface area contributed by atoms with E-state index in [9.17, 15) is 0 Å². The molecule has 0 aliphatic carbocycles. The van der Waals surface area contributed by atoms with E-state index in [4.69, 9.17) is 5.73 Å². The van der Waals surface area contributed by atoms with Crippen molar-refractivity contribution in [3.8, 4) is 0 Å². The number of hydrogen-bond acceptors (Lipinski definition) is 4. The van der Waals surface area contributed by atoms with E-state index in [-0.39, 0.29) is 5.66 Å². The molecule has 4 heteroatoms. The Bertz CT molecular complexity index is 109. The maximum Gasteiger partial charge on any atom is 0.192 e. The average Bonchev–Trinajstić information content (AvgIpc) is 2.51. The van der Waals surface area contributed by atoms with Gasteiger partial charge in [-0.3, -0.25) is 0 Å². The molecular formula is C5H11N3S. The summed E-state index contributed by atoms with van der Waals surface area (Å²) in [6, 6.07) is 0. The molecule has 0 aromatic carbocycles. The molecule has 1 aliphatic heterocycles. The number of thiol groups is 1. The molecule has 0 aromatic heterocycles. The number of rotatable bonds is 4. The van der Waals surface area contributed by atoms with E-state index in [1.165, 1.54) is 0 Å². The van der Waals surface area contributed by atoms with Gasteiger partial charge in [0.2, 0.25) is 0 Å². The van der Waals surface area contributed by atoms with E-state index >= 15 is 0 Å². The lowest BCUT2D eigenvalue weighted by Gasteiger charge is -2.04. The Morgan fingerprint density at radius 3 is 2.33 bits per heavy atom. The van der Waals surface area contributed by atoms with Gasteiger partial charge in [0.05, 0.1) is 0 Å². The fourth-order valence-corrected chi connectivity index (χ4v) is 1.16. The zero-order valence-electron chi connectivity index (χ0n) is 5.25. The third-order valence-corrected chi connectivity index (χ3v) is 1.66. The molecule has 0 atom stereocenters. The Hall–Kier alpha value is -0.0900. The molecule has 0 saturated carbocycles. The van der Waals surface area contributed by atoms with Gasteiger partial charge in [0, 0.05) is 12.8 Å². The molecule has 1 heterocycles. The first-order valence-electron chi connectivity index (χ1n) is 3.08. The van der Waals surface area contributed by atoms with Gasteiger partial charge in [-0.25, -0.2) is 0 Å². The zero-order valence-corrected chi connectivity index (χ0v) is 6.14. The number of nitrogens with two attached hydrogens (primary N) is 1. The summed E-state index contributed by atoms with van der Waals surface area (Å²) in [5.41, 5.74) is 5.24. The minimum absolute atomic E-state index is 0.101. The van der Waals surface area contributed by atoms with Crippen LogP contribution in [0.25, 0.3) is 0 Å². The molecule has 0 amide bonds. The molecule has 0 radical (unpaired) electrons. The van der Waals surface area contributed by atoms with Gasteiger partial charge < -0.3 is 5.73 Å². The molecule has 3 nitrogen and oxygen atoms in total. The van der Waals surface area contributed by atoms with Crippen LogP contribution in [-0.2, 0) is 0 Å². The van der Waals surface area contributed by atoms with Gasteiger partial charge in [-0.1, -0.05) is 0 Å². The van der Waals surface area contributed by atoms with Crippen LogP contribution in [0.2, 0.25) is 0 Å². The van der Waals surface area contributed by atoms with Crippen molar-refractivity contribution in [2.75, 3.05) is 12.3 Å². The third kappa shape index (κ3) is 1.66. The Labute approximate surface area is 60.1 Å². The summed E-state index contributed by atoms with van der Waals surface area (Å²) in [6.07, 6.45) is 1.82. The van der Waals surface area contributed by atoms with Crippen molar-refractivity contribution in [2.24, 2.45) is 16.0 Å². The molecular weight excluding hydrogens is 134 g/mol. The van der Waals surface area contributed by atoms with E-state index in [0.717, 1.165) is 18.6 Å². The van der Waals surface area contributed by atoms with Crippen LogP contribution in [-0.4, -0.2) is 18.0 Å². The van der Waals surface area contributed by atoms with E-state index in [1.807, 2.05) is 0 Å².